The first-order valence-electron chi connectivity index (χ1n) is 5.26. The first kappa shape index (κ1) is 12.4. The Labute approximate surface area is 108 Å². The molecule has 2 heterocycles. The Morgan fingerprint density at radius 3 is 2.88 bits per heavy atom. The topological polar surface area (TPSA) is 34.9 Å². The molecule has 0 saturated heterocycles. The van der Waals surface area contributed by atoms with Crippen LogP contribution in [0.5, 0.6) is 0 Å². The van der Waals surface area contributed by atoms with Crippen LogP contribution in [0.25, 0.3) is 10.2 Å². The highest BCUT2D eigenvalue weighted by molar-refractivity contribution is 7.99. The molecule has 0 fully saturated rings. The van der Waals surface area contributed by atoms with Gasteiger partial charge in [0.25, 0.3) is 5.56 Å². The number of aryl methyl sites for hydroxylation is 2. The molecule has 0 radical (unpaired) electrons. The Morgan fingerprint density at radius 2 is 2.24 bits per heavy atom. The molecule has 5 heteroatoms. The Hall–Kier alpha value is -1.07. The van der Waals surface area contributed by atoms with Crippen LogP contribution in [-0.2, 0) is 7.05 Å². The van der Waals surface area contributed by atoms with Crippen molar-refractivity contribution in [3.8, 4) is 0 Å². The van der Waals surface area contributed by atoms with E-state index in [-0.39, 0.29) is 5.56 Å². The molecule has 2 aromatic rings. The summed E-state index contributed by atoms with van der Waals surface area (Å²) in [4.78, 5) is 18.8. The predicted molar refractivity (Wildman–Crippen MR) is 75.3 cm³/mol. The number of hydrogen-bond acceptors (Lipinski definition) is 4. The number of aromatic nitrogens is 2. The van der Waals surface area contributed by atoms with Gasteiger partial charge in [-0.2, -0.15) is 0 Å². The number of thioether (sulfide) groups is 1. The highest BCUT2D eigenvalue weighted by Crippen LogP contribution is 2.27. The fourth-order valence-corrected chi connectivity index (χ4v) is 3.40. The third-order valence-corrected chi connectivity index (χ3v) is 4.83. The predicted octanol–water partition coefficient (Wildman–Crippen LogP) is 2.89. The van der Waals surface area contributed by atoms with Gasteiger partial charge in [-0.25, -0.2) is 4.98 Å². The Balaban J connectivity index is 2.71. The lowest BCUT2D eigenvalue weighted by molar-refractivity contribution is 0.728. The Morgan fingerprint density at radius 1 is 1.53 bits per heavy atom. The van der Waals surface area contributed by atoms with Gasteiger partial charge in [-0.3, -0.25) is 9.36 Å². The molecular formula is C12H14N2OS2. The van der Waals surface area contributed by atoms with E-state index in [9.17, 15) is 4.79 Å². The molecule has 0 amide bonds. The van der Waals surface area contributed by atoms with Crippen LogP contribution in [0.4, 0.5) is 0 Å². The number of nitrogens with zero attached hydrogens (tertiary/aromatic N) is 2. The molecule has 0 aromatic carbocycles. The molecule has 90 valence electrons. The van der Waals surface area contributed by atoms with Crippen LogP contribution >= 0.6 is 23.1 Å². The van der Waals surface area contributed by atoms with Crippen molar-refractivity contribution in [3.05, 3.63) is 33.4 Å². The highest BCUT2D eigenvalue weighted by Gasteiger charge is 2.14. The zero-order valence-electron chi connectivity index (χ0n) is 10.1. The normalized spacial score (nSPS) is 11.0. The maximum atomic E-state index is 12.2. The number of thiophene rings is 1. The lowest BCUT2D eigenvalue weighted by Gasteiger charge is -2.05. The lowest BCUT2D eigenvalue weighted by atomic mass is 10.2. The van der Waals surface area contributed by atoms with Crippen molar-refractivity contribution >= 4 is 33.3 Å². The van der Waals surface area contributed by atoms with Crippen molar-refractivity contribution in [2.24, 2.45) is 7.05 Å². The monoisotopic (exact) mass is 266 g/mol. The van der Waals surface area contributed by atoms with Gasteiger partial charge >= 0.3 is 0 Å². The quantitative estimate of drug-likeness (QED) is 0.487. The summed E-state index contributed by atoms with van der Waals surface area (Å²) in [6.45, 7) is 7.68. The summed E-state index contributed by atoms with van der Waals surface area (Å²) >= 11 is 3.12. The molecule has 17 heavy (non-hydrogen) atoms. The molecule has 2 rings (SSSR count). The molecule has 0 N–H and O–H groups in total. The maximum absolute atomic E-state index is 12.2. The van der Waals surface area contributed by atoms with Gasteiger partial charge in [0, 0.05) is 17.7 Å². The van der Waals surface area contributed by atoms with Crippen LogP contribution < -0.4 is 5.56 Å². The molecule has 0 aliphatic rings. The fourth-order valence-electron chi connectivity index (χ4n) is 1.62. The highest BCUT2D eigenvalue weighted by atomic mass is 32.2. The second-order valence-corrected chi connectivity index (χ2v) is 6.01. The molecule has 0 aliphatic heterocycles. The summed E-state index contributed by atoms with van der Waals surface area (Å²) in [5.41, 5.74) is 1.10. The van der Waals surface area contributed by atoms with Crippen LogP contribution in [0.1, 0.15) is 10.4 Å². The summed E-state index contributed by atoms with van der Waals surface area (Å²) in [5, 5.41) is 1.52. The van der Waals surface area contributed by atoms with Crippen LogP contribution in [0, 0.1) is 13.8 Å². The van der Waals surface area contributed by atoms with E-state index in [1.165, 1.54) is 11.8 Å². The van der Waals surface area contributed by atoms with Crippen molar-refractivity contribution in [2.45, 2.75) is 19.0 Å². The van der Waals surface area contributed by atoms with Crippen LogP contribution in [-0.4, -0.2) is 15.3 Å². The molecule has 0 saturated carbocycles. The van der Waals surface area contributed by atoms with Crippen molar-refractivity contribution in [1.29, 1.82) is 0 Å². The van der Waals surface area contributed by atoms with E-state index in [0.717, 1.165) is 31.6 Å². The molecular weight excluding hydrogens is 252 g/mol. The van der Waals surface area contributed by atoms with E-state index in [0.29, 0.717) is 0 Å². The van der Waals surface area contributed by atoms with E-state index < -0.39 is 0 Å². The largest absolute Gasteiger partial charge is 0.290 e. The summed E-state index contributed by atoms with van der Waals surface area (Å²) in [6, 6.07) is 0. The molecule has 0 bridgehead atoms. The summed E-state index contributed by atoms with van der Waals surface area (Å²) in [6.07, 6.45) is 1.81. The van der Waals surface area contributed by atoms with Gasteiger partial charge in [0.15, 0.2) is 5.16 Å². The van der Waals surface area contributed by atoms with Crippen molar-refractivity contribution < 1.29 is 0 Å². The van der Waals surface area contributed by atoms with E-state index >= 15 is 0 Å². The molecule has 0 atom stereocenters. The van der Waals surface area contributed by atoms with Crippen LogP contribution in [0.3, 0.4) is 0 Å². The average Bonchev–Trinajstić information content (AvgIpc) is 2.58. The first-order chi connectivity index (χ1) is 8.06. The van der Waals surface area contributed by atoms with E-state index in [2.05, 4.69) is 11.6 Å². The Bertz CT molecular complexity index is 640. The summed E-state index contributed by atoms with van der Waals surface area (Å²) < 4.78 is 1.62. The molecule has 3 nitrogen and oxygen atoms in total. The van der Waals surface area contributed by atoms with Crippen molar-refractivity contribution in [2.75, 3.05) is 5.75 Å². The van der Waals surface area contributed by atoms with Gasteiger partial charge < -0.3 is 0 Å². The van der Waals surface area contributed by atoms with Crippen molar-refractivity contribution in [3.63, 3.8) is 0 Å². The van der Waals surface area contributed by atoms with Gasteiger partial charge in [-0.15, -0.1) is 17.9 Å². The van der Waals surface area contributed by atoms with Crippen molar-refractivity contribution in [1.82, 2.24) is 9.55 Å². The standard InChI is InChI=1S/C12H14N2OS2/c1-5-6-16-12-13-10-9(11(15)14(12)4)7(2)8(3)17-10/h5H,1,6H2,2-4H3. The summed E-state index contributed by atoms with van der Waals surface area (Å²) in [5.74, 6) is 0.759. The zero-order valence-corrected chi connectivity index (χ0v) is 11.7. The lowest BCUT2D eigenvalue weighted by Crippen LogP contribution is -2.19. The minimum Gasteiger partial charge on any atom is -0.290 e. The minimum absolute atomic E-state index is 0.0448. The smallest absolute Gasteiger partial charge is 0.262 e. The van der Waals surface area contributed by atoms with Gasteiger partial charge in [-0.05, 0) is 19.4 Å². The zero-order chi connectivity index (χ0) is 12.6. The maximum Gasteiger partial charge on any atom is 0.262 e. The SMILES string of the molecule is C=CCSc1nc2sc(C)c(C)c2c(=O)n1C. The van der Waals surface area contributed by atoms with Gasteiger partial charge in [0.1, 0.15) is 4.83 Å². The molecule has 2 aromatic heterocycles. The van der Waals surface area contributed by atoms with E-state index in [4.69, 9.17) is 0 Å². The first-order valence-corrected chi connectivity index (χ1v) is 7.07. The summed E-state index contributed by atoms with van der Waals surface area (Å²) in [7, 11) is 1.77. The second-order valence-electron chi connectivity index (χ2n) is 3.82. The third kappa shape index (κ3) is 2.05. The minimum atomic E-state index is 0.0448. The van der Waals surface area contributed by atoms with Crippen LogP contribution in [0.15, 0.2) is 22.6 Å². The second kappa shape index (κ2) is 4.66. The van der Waals surface area contributed by atoms with E-state index in [1.54, 1.807) is 23.0 Å². The van der Waals surface area contributed by atoms with E-state index in [1.807, 2.05) is 19.9 Å². The number of hydrogen-bond donors (Lipinski definition) is 0. The fraction of sp³-hybridized carbons (Fsp3) is 0.333. The average molecular weight is 266 g/mol. The number of fused-ring (bicyclic) bond motifs is 1. The van der Waals surface area contributed by atoms with Crippen LogP contribution in [0.2, 0.25) is 0 Å². The number of rotatable bonds is 3. The van der Waals surface area contributed by atoms with Gasteiger partial charge in [0.05, 0.1) is 5.39 Å². The van der Waals surface area contributed by atoms with Gasteiger partial charge in [-0.1, -0.05) is 17.8 Å². The third-order valence-electron chi connectivity index (χ3n) is 2.70. The molecule has 0 aliphatic carbocycles. The molecule has 0 spiro atoms. The molecule has 0 unspecified atom stereocenters. The van der Waals surface area contributed by atoms with Gasteiger partial charge in [0.2, 0.25) is 0 Å². The Kier molecular flexibility index (Phi) is 3.40.